The van der Waals surface area contributed by atoms with E-state index in [2.05, 4.69) is 19.2 Å². The highest BCUT2D eigenvalue weighted by molar-refractivity contribution is 7.92. The molecule has 0 aliphatic carbocycles. The average Bonchev–Trinajstić information content (AvgIpc) is 2.81. The summed E-state index contributed by atoms with van der Waals surface area (Å²) < 4.78 is 31.5. The van der Waals surface area contributed by atoms with Gasteiger partial charge in [-0.3, -0.25) is 9.10 Å². The lowest BCUT2D eigenvalue weighted by molar-refractivity contribution is -0.122. The monoisotopic (exact) mass is 422 g/mol. The number of nitrogens with one attached hydrogen (secondary N) is 1. The lowest BCUT2D eigenvalue weighted by atomic mass is 10.0. The number of amides is 1. The molecular formula is C20H23ClN2O4S. The first-order valence-corrected chi connectivity index (χ1v) is 11.2. The van der Waals surface area contributed by atoms with Crippen LogP contribution < -0.4 is 14.4 Å². The Balaban J connectivity index is 1.82. The van der Waals surface area contributed by atoms with E-state index in [9.17, 15) is 13.2 Å². The second kappa shape index (κ2) is 8.01. The Morgan fingerprint density at radius 1 is 1.21 bits per heavy atom. The third-order valence-electron chi connectivity index (χ3n) is 4.59. The smallest absolute Gasteiger partial charge is 0.265 e. The van der Waals surface area contributed by atoms with Crippen LogP contribution in [-0.2, 0) is 14.8 Å². The van der Waals surface area contributed by atoms with Crippen molar-refractivity contribution in [1.82, 2.24) is 0 Å². The summed E-state index contributed by atoms with van der Waals surface area (Å²) in [6.45, 7) is 4.32. The minimum atomic E-state index is -3.54. The molecule has 0 spiro atoms. The highest BCUT2D eigenvalue weighted by atomic mass is 35.5. The number of rotatable bonds is 4. The van der Waals surface area contributed by atoms with Crippen LogP contribution in [0.3, 0.4) is 0 Å². The van der Waals surface area contributed by atoms with Gasteiger partial charge in [-0.2, -0.15) is 0 Å². The topological polar surface area (TPSA) is 75.7 Å². The number of hydrogen-bond donors (Lipinski definition) is 1. The fourth-order valence-electron chi connectivity index (χ4n) is 3.06. The van der Waals surface area contributed by atoms with Gasteiger partial charge in [-0.15, -0.1) is 0 Å². The number of anilines is 2. The predicted molar refractivity (Wildman–Crippen MR) is 112 cm³/mol. The summed E-state index contributed by atoms with van der Waals surface area (Å²) in [4.78, 5) is 12.7. The van der Waals surface area contributed by atoms with Crippen LogP contribution in [0.5, 0.6) is 5.75 Å². The molecule has 0 unspecified atom stereocenters. The number of fused-ring (bicyclic) bond motifs is 1. The highest BCUT2D eigenvalue weighted by Gasteiger charge is 2.31. The molecule has 3 rings (SSSR count). The fourth-order valence-corrected chi connectivity index (χ4v) is 4.16. The number of hydrogen-bond acceptors (Lipinski definition) is 4. The van der Waals surface area contributed by atoms with Gasteiger partial charge in [0.2, 0.25) is 10.0 Å². The number of benzene rings is 2. The molecule has 6 nitrogen and oxygen atoms in total. The lowest BCUT2D eigenvalue weighted by Crippen LogP contribution is -2.35. The Labute approximate surface area is 170 Å². The molecule has 1 heterocycles. The standard InChI is InChI=1S/C20H23ClN2O4S/c1-13(2)14-4-7-16(8-5-14)22-20(24)19-10-11-23(28(3,25)26)17-12-15(21)6-9-18(17)27-19/h4-9,12-13,19H,10-11H2,1-3H3,(H,22,24)/t19-/m0/s1. The molecule has 2 aromatic carbocycles. The molecule has 1 aliphatic rings. The van der Waals surface area contributed by atoms with Gasteiger partial charge in [-0.25, -0.2) is 8.42 Å². The Hall–Kier alpha value is -2.25. The van der Waals surface area contributed by atoms with E-state index < -0.39 is 16.1 Å². The van der Waals surface area contributed by atoms with Crippen molar-refractivity contribution >= 4 is 38.9 Å². The maximum absolute atomic E-state index is 12.7. The Kier molecular flexibility index (Phi) is 5.86. The molecule has 0 saturated heterocycles. The first kappa shape index (κ1) is 20.5. The minimum absolute atomic E-state index is 0.122. The SMILES string of the molecule is CC(C)c1ccc(NC(=O)[C@@H]2CCN(S(C)(=O)=O)c3cc(Cl)ccc3O2)cc1. The van der Waals surface area contributed by atoms with Crippen LogP contribution in [0, 0.1) is 0 Å². The molecule has 8 heteroatoms. The zero-order valence-corrected chi connectivity index (χ0v) is 17.5. The number of nitrogens with zero attached hydrogens (tertiary/aromatic N) is 1. The zero-order chi connectivity index (χ0) is 20.5. The van der Waals surface area contributed by atoms with Crippen LogP contribution in [0.2, 0.25) is 5.02 Å². The van der Waals surface area contributed by atoms with E-state index in [4.69, 9.17) is 16.3 Å². The van der Waals surface area contributed by atoms with Crippen LogP contribution in [0.1, 0.15) is 31.7 Å². The summed E-state index contributed by atoms with van der Waals surface area (Å²) in [5.74, 6) is 0.386. The Bertz CT molecular complexity index is 974. The number of halogens is 1. The number of carbonyl (C=O) groups is 1. The van der Waals surface area contributed by atoms with Gasteiger partial charge in [0.15, 0.2) is 6.10 Å². The number of ether oxygens (including phenoxy) is 1. The maximum atomic E-state index is 12.7. The third kappa shape index (κ3) is 4.59. The fraction of sp³-hybridized carbons (Fsp3) is 0.350. The van der Waals surface area contributed by atoms with Crippen molar-refractivity contribution in [2.75, 3.05) is 22.4 Å². The first-order valence-electron chi connectivity index (χ1n) is 9.00. The highest BCUT2D eigenvalue weighted by Crippen LogP contribution is 2.36. The van der Waals surface area contributed by atoms with Crippen molar-refractivity contribution in [3.8, 4) is 5.75 Å². The lowest BCUT2D eigenvalue weighted by Gasteiger charge is -2.21. The predicted octanol–water partition coefficient (Wildman–Crippen LogP) is 4.02. The molecule has 1 atom stereocenters. The van der Waals surface area contributed by atoms with E-state index in [0.717, 1.165) is 6.26 Å². The molecule has 28 heavy (non-hydrogen) atoms. The zero-order valence-electron chi connectivity index (χ0n) is 16.0. The molecule has 0 aromatic heterocycles. The van der Waals surface area contributed by atoms with Crippen LogP contribution >= 0.6 is 11.6 Å². The van der Waals surface area contributed by atoms with Gasteiger partial charge >= 0.3 is 0 Å². The van der Waals surface area contributed by atoms with Gasteiger partial charge in [-0.1, -0.05) is 37.6 Å². The van der Waals surface area contributed by atoms with Crippen molar-refractivity contribution < 1.29 is 17.9 Å². The quantitative estimate of drug-likeness (QED) is 0.807. The van der Waals surface area contributed by atoms with E-state index in [1.54, 1.807) is 12.1 Å². The molecule has 1 amide bonds. The van der Waals surface area contributed by atoms with Crippen molar-refractivity contribution in [2.45, 2.75) is 32.3 Å². The van der Waals surface area contributed by atoms with Crippen molar-refractivity contribution in [1.29, 1.82) is 0 Å². The molecule has 0 bridgehead atoms. The Morgan fingerprint density at radius 2 is 1.89 bits per heavy atom. The van der Waals surface area contributed by atoms with Gasteiger partial charge in [0.25, 0.3) is 5.91 Å². The van der Waals surface area contributed by atoms with E-state index in [-0.39, 0.29) is 18.9 Å². The van der Waals surface area contributed by atoms with Gasteiger partial charge in [-0.05, 0) is 41.8 Å². The Morgan fingerprint density at radius 3 is 2.50 bits per heavy atom. The maximum Gasteiger partial charge on any atom is 0.265 e. The summed E-state index contributed by atoms with van der Waals surface area (Å²) in [5.41, 5.74) is 2.18. The third-order valence-corrected chi connectivity index (χ3v) is 6.01. The second-order valence-electron chi connectivity index (χ2n) is 7.11. The normalized spacial score (nSPS) is 16.9. The van der Waals surface area contributed by atoms with Gasteiger partial charge < -0.3 is 10.1 Å². The van der Waals surface area contributed by atoms with Gasteiger partial charge in [0.05, 0.1) is 11.9 Å². The molecule has 2 aromatic rings. The summed E-state index contributed by atoms with van der Waals surface area (Å²) in [6.07, 6.45) is 0.514. The van der Waals surface area contributed by atoms with Crippen LogP contribution in [0.25, 0.3) is 0 Å². The second-order valence-corrected chi connectivity index (χ2v) is 9.45. The average molecular weight is 423 g/mol. The van der Waals surface area contributed by atoms with Crippen LogP contribution in [0.15, 0.2) is 42.5 Å². The van der Waals surface area contributed by atoms with Crippen molar-refractivity contribution in [3.63, 3.8) is 0 Å². The number of sulfonamides is 1. The molecule has 0 fully saturated rings. The van der Waals surface area contributed by atoms with Crippen molar-refractivity contribution in [3.05, 3.63) is 53.1 Å². The molecule has 1 aliphatic heterocycles. The number of carbonyl (C=O) groups excluding carboxylic acids is 1. The van der Waals surface area contributed by atoms with Gasteiger partial charge in [0, 0.05) is 23.7 Å². The van der Waals surface area contributed by atoms with E-state index in [1.165, 1.54) is 15.9 Å². The molecule has 1 N–H and O–H groups in total. The molecule has 0 radical (unpaired) electrons. The molecular weight excluding hydrogens is 400 g/mol. The summed E-state index contributed by atoms with van der Waals surface area (Å²) in [7, 11) is -3.54. The summed E-state index contributed by atoms with van der Waals surface area (Å²) >= 11 is 6.03. The van der Waals surface area contributed by atoms with Crippen molar-refractivity contribution in [2.24, 2.45) is 0 Å². The van der Waals surface area contributed by atoms with Crippen LogP contribution in [-0.4, -0.2) is 33.2 Å². The summed E-state index contributed by atoms with van der Waals surface area (Å²) in [5, 5.41) is 3.24. The van der Waals surface area contributed by atoms with Gasteiger partial charge in [0.1, 0.15) is 5.75 Å². The van der Waals surface area contributed by atoms with E-state index in [0.29, 0.717) is 28.1 Å². The molecule has 150 valence electrons. The van der Waals surface area contributed by atoms with Crippen LogP contribution in [0.4, 0.5) is 11.4 Å². The summed E-state index contributed by atoms with van der Waals surface area (Å²) in [6, 6.07) is 12.3. The molecule has 0 saturated carbocycles. The van der Waals surface area contributed by atoms with E-state index in [1.807, 2.05) is 24.3 Å². The first-order chi connectivity index (χ1) is 13.1. The van der Waals surface area contributed by atoms with E-state index >= 15 is 0 Å². The largest absolute Gasteiger partial charge is 0.478 e. The minimum Gasteiger partial charge on any atom is -0.478 e.